The first-order valence-electron chi connectivity index (χ1n) is 11.0. The van der Waals surface area contributed by atoms with Crippen LogP contribution in [0.15, 0.2) is 48.5 Å². The molecule has 4 rings (SSSR count). The molecule has 1 atom stereocenters. The molecule has 33 heavy (non-hydrogen) atoms. The van der Waals surface area contributed by atoms with Crippen molar-refractivity contribution in [2.24, 2.45) is 0 Å². The summed E-state index contributed by atoms with van der Waals surface area (Å²) in [6.45, 7) is 2.05. The molecule has 1 aliphatic rings. The molecule has 3 aromatic rings. The second-order valence-electron chi connectivity index (χ2n) is 7.77. The Labute approximate surface area is 197 Å². The van der Waals surface area contributed by atoms with Crippen molar-refractivity contribution in [2.75, 3.05) is 26.1 Å². The minimum absolute atomic E-state index is 0.271. The van der Waals surface area contributed by atoms with Gasteiger partial charge in [-0.25, -0.2) is 4.79 Å². The van der Waals surface area contributed by atoms with E-state index in [0.717, 1.165) is 29.7 Å². The van der Waals surface area contributed by atoms with Crippen LogP contribution in [-0.4, -0.2) is 32.7 Å². The van der Waals surface area contributed by atoms with Crippen molar-refractivity contribution in [1.82, 2.24) is 0 Å². The summed E-state index contributed by atoms with van der Waals surface area (Å²) >= 11 is 1.46. The summed E-state index contributed by atoms with van der Waals surface area (Å²) in [5.41, 5.74) is 3.08. The van der Waals surface area contributed by atoms with Crippen LogP contribution in [0.25, 0.3) is 0 Å². The highest BCUT2D eigenvalue weighted by atomic mass is 32.1. The fraction of sp³-hybridized carbons (Fsp3) is 0.308. The molecular formula is C26H27NO5S. The molecule has 1 aromatic heterocycles. The van der Waals surface area contributed by atoms with Crippen LogP contribution in [0.2, 0.25) is 0 Å². The second kappa shape index (κ2) is 10.1. The van der Waals surface area contributed by atoms with E-state index in [1.807, 2.05) is 6.07 Å². The number of amides is 1. The van der Waals surface area contributed by atoms with Gasteiger partial charge in [-0.1, -0.05) is 36.4 Å². The molecule has 0 spiro atoms. The van der Waals surface area contributed by atoms with Gasteiger partial charge in [0.15, 0.2) is 11.5 Å². The van der Waals surface area contributed by atoms with Crippen LogP contribution in [0.5, 0.6) is 11.5 Å². The highest BCUT2D eigenvalue weighted by Crippen LogP contribution is 2.43. The van der Waals surface area contributed by atoms with E-state index in [4.69, 9.17) is 14.2 Å². The number of ether oxygens (including phenoxy) is 3. The number of carbonyl (C=O) groups excluding carboxylic acids is 2. The van der Waals surface area contributed by atoms with E-state index in [1.165, 1.54) is 31.1 Å². The van der Waals surface area contributed by atoms with Gasteiger partial charge in [-0.15, -0.1) is 11.3 Å². The van der Waals surface area contributed by atoms with Crippen molar-refractivity contribution in [2.45, 2.75) is 32.1 Å². The Balaban J connectivity index is 1.68. The highest BCUT2D eigenvalue weighted by Gasteiger charge is 2.31. The lowest BCUT2D eigenvalue weighted by Gasteiger charge is -2.23. The SMILES string of the molecule is CCOC(=O)c1c(NC(=O)c2cccc(OC)c2OC)sc2c1CC[C@@H](c1ccccc1)C2. The van der Waals surface area contributed by atoms with Gasteiger partial charge in [0.05, 0.1) is 32.0 Å². The zero-order chi connectivity index (χ0) is 23.4. The molecular weight excluding hydrogens is 438 g/mol. The van der Waals surface area contributed by atoms with Gasteiger partial charge in [0, 0.05) is 4.88 Å². The number of rotatable bonds is 7. The monoisotopic (exact) mass is 465 g/mol. The van der Waals surface area contributed by atoms with Gasteiger partial charge >= 0.3 is 5.97 Å². The molecule has 172 valence electrons. The topological polar surface area (TPSA) is 73.9 Å². The van der Waals surface area contributed by atoms with Crippen LogP contribution in [0.1, 0.15) is 56.0 Å². The van der Waals surface area contributed by atoms with Crippen molar-refractivity contribution in [3.63, 3.8) is 0 Å². The van der Waals surface area contributed by atoms with Gasteiger partial charge in [-0.2, -0.15) is 0 Å². The van der Waals surface area contributed by atoms with Crippen LogP contribution in [0, 0.1) is 0 Å². The number of nitrogens with one attached hydrogen (secondary N) is 1. The Hall–Kier alpha value is -3.32. The fourth-order valence-corrected chi connectivity index (χ4v) is 5.65. The number of benzene rings is 2. The number of esters is 1. The first kappa shape index (κ1) is 22.9. The summed E-state index contributed by atoms with van der Waals surface area (Å²) in [6.07, 6.45) is 2.53. The second-order valence-corrected chi connectivity index (χ2v) is 8.88. The minimum Gasteiger partial charge on any atom is -0.493 e. The molecule has 0 radical (unpaired) electrons. The third kappa shape index (κ3) is 4.59. The molecule has 0 unspecified atom stereocenters. The van der Waals surface area contributed by atoms with Gasteiger partial charge < -0.3 is 19.5 Å². The van der Waals surface area contributed by atoms with Crippen molar-refractivity contribution in [1.29, 1.82) is 0 Å². The number of hydrogen-bond acceptors (Lipinski definition) is 6. The minimum atomic E-state index is -0.402. The molecule has 0 bridgehead atoms. The number of fused-ring (bicyclic) bond motifs is 1. The average molecular weight is 466 g/mol. The molecule has 2 aromatic carbocycles. The number of methoxy groups -OCH3 is 2. The Morgan fingerprint density at radius 3 is 2.55 bits per heavy atom. The van der Waals surface area contributed by atoms with Crippen LogP contribution >= 0.6 is 11.3 Å². The Bertz CT molecular complexity index is 1150. The van der Waals surface area contributed by atoms with E-state index in [1.54, 1.807) is 25.1 Å². The third-order valence-corrected chi connectivity index (χ3v) is 7.06. The van der Waals surface area contributed by atoms with Gasteiger partial charge in [0.25, 0.3) is 5.91 Å². The summed E-state index contributed by atoms with van der Waals surface area (Å²) in [5, 5.41) is 3.46. The zero-order valence-electron chi connectivity index (χ0n) is 19.0. The van der Waals surface area contributed by atoms with Crippen molar-refractivity contribution >= 4 is 28.2 Å². The van der Waals surface area contributed by atoms with E-state index < -0.39 is 5.97 Å². The predicted molar refractivity (Wildman–Crippen MR) is 129 cm³/mol. The Morgan fingerprint density at radius 2 is 1.85 bits per heavy atom. The molecule has 1 amide bonds. The smallest absolute Gasteiger partial charge is 0.341 e. The van der Waals surface area contributed by atoms with Crippen LogP contribution < -0.4 is 14.8 Å². The van der Waals surface area contributed by atoms with Gasteiger partial charge in [0.2, 0.25) is 0 Å². The van der Waals surface area contributed by atoms with Crippen LogP contribution in [0.4, 0.5) is 5.00 Å². The summed E-state index contributed by atoms with van der Waals surface area (Å²) in [4.78, 5) is 27.2. The maximum atomic E-state index is 13.2. The molecule has 0 saturated carbocycles. The van der Waals surface area contributed by atoms with Gasteiger partial charge in [0.1, 0.15) is 5.00 Å². The maximum Gasteiger partial charge on any atom is 0.341 e. The maximum absolute atomic E-state index is 13.2. The molecule has 1 aliphatic carbocycles. The average Bonchev–Trinajstić information content (AvgIpc) is 3.21. The van der Waals surface area contributed by atoms with Crippen LogP contribution in [0.3, 0.4) is 0 Å². The van der Waals surface area contributed by atoms with E-state index >= 15 is 0 Å². The van der Waals surface area contributed by atoms with Crippen molar-refractivity contribution in [3.8, 4) is 11.5 Å². The lowest BCUT2D eigenvalue weighted by Crippen LogP contribution is -2.17. The molecule has 1 N–H and O–H groups in total. The number of anilines is 1. The Kier molecular flexibility index (Phi) is 6.99. The van der Waals surface area contributed by atoms with E-state index in [-0.39, 0.29) is 12.5 Å². The normalized spacial score (nSPS) is 14.8. The Morgan fingerprint density at radius 1 is 1.06 bits per heavy atom. The zero-order valence-corrected chi connectivity index (χ0v) is 19.8. The lowest BCUT2D eigenvalue weighted by atomic mass is 9.83. The van der Waals surface area contributed by atoms with E-state index in [0.29, 0.717) is 33.5 Å². The molecule has 0 fully saturated rings. The molecule has 1 heterocycles. The predicted octanol–water partition coefficient (Wildman–Crippen LogP) is 5.47. The van der Waals surface area contributed by atoms with Crippen molar-refractivity contribution in [3.05, 3.63) is 75.7 Å². The quantitative estimate of drug-likeness (QED) is 0.469. The van der Waals surface area contributed by atoms with Gasteiger partial charge in [-0.05, 0) is 55.4 Å². The third-order valence-electron chi connectivity index (χ3n) is 5.89. The number of hydrogen-bond donors (Lipinski definition) is 1. The summed E-state index contributed by atoms with van der Waals surface area (Å²) in [7, 11) is 3.02. The number of para-hydroxylation sites is 1. The van der Waals surface area contributed by atoms with Crippen molar-refractivity contribution < 1.29 is 23.8 Å². The first-order valence-corrected chi connectivity index (χ1v) is 11.8. The largest absolute Gasteiger partial charge is 0.493 e. The number of carbonyl (C=O) groups is 2. The summed E-state index contributed by atoms with van der Waals surface area (Å²) in [6, 6.07) is 15.5. The standard InChI is InChI=1S/C26H27NO5S/c1-4-32-26(29)22-18-14-13-17(16-9-6-5-7-10-16)15-21(18)33-25(22)27-24(28)19-11-8-12-20(30-2)23(19)31-3/h5-12,17H,4,13-15H2,1-3H3,(H,27,28)/t17-/m1/s1. The summed E-state index contributed by atoms with van der Waals surface area (Å²) < 4.78 is 16.1. The number of thiophene rings is 1. The molecule has 6 nitrogen and oxygen atoms in total. The van der Waals surface area contributed by atoms with Crippen LogP contribution in [-0.2, 0) is 17.6 Å². The summed E-state index contributed by atoms with van der Waals surface area (Å²) in [5.74, 6) is 0.428. The van der Waals surface area contributed by atoms with E-state index in [2.05, 4.69) is 29.6 Å². The first-order chi connectivity index (χ1) is 16.1. The molecule has 7 heteroatoms. The fourth-order valence-electron chi connectivity index (χ4n) is 4.34. The molecule has 0 saturated heterocycles. The highest BCUT2D eigenvalue weighted by molar-refractivity contribution is 7.17. The van der Waals surface area contributed by atoms with Gasteiger partial charge in [-0.3, -0.25) is 4.79 Å². The van der Waals surface area contributed by atoms with E-state index in [9.17, 15) is 9.59 Å². The lowest BCUT2D eigenvalue weighted by molar-refractivity contribution is 0.0526. The molecule has 0 aliphatic heterocycles.